The largest absolute Gasteiger partial charge is 0.508 e. The standard InChI is InChI=1S/C17H23NO5/c1-16(2,3)23-15(22)18-11-5-6-13(19)12(9-11)17(7-4-8-17)10-14(20)21/h5-6,9,19H,4,7-8,10H2,1-3H3,(H,18,22)(H,20,21). The first-order valence-electron chi connectivity index (χ1n) is 7.67. The zero-order chi connectivity index (χ0) is 17.3. The Kier molecular flexibility index (Phi) is 4.54. The fraction of sp³-hybridized carbons (Fsp3) is 0.529. The zero-order valence-corrected chi connectivity index (χ0v) is 13.7. The summed E-state index contributed by atoms with van der Waals surface area (Å²) in [4.78, 5) is 23.0. The van der Waals surface area contributed by atoms with Crippen molar-refractivity contribution >= 4 is 17.7 Å². The van der Waals surface area contributed by atoms with Gasteiger partial charge in [-0.15, -0.1) is 0 Å². The lowest BCUT2D eigenvalue weighted by molar-refractivity contribution is -0.139. The molecule has 0 aromatic heterocycles. The number of carbonyl (C=O) groups is 2. The molecule has 0 unspecified atom stereocenters. The molecule has 6 nitrogen and oxygen atoms in total. The SMILES string of the molecule is CC(C)(C)OC(=O)Nc1ccc(O)c(C2(CC(=O)O)CCC2)c1. The molecule has 1 fully saturated rings. The Bertz CT molecular complexity index is 614. The summed E-state index contributed by atoms with van der Waals surface area (Å²) in [5.41, 5.74) is -0.118. The van der Waals surface area contributed by atoms with Crippen molar-refractivity contribution in [2.75, 3.05) is 5.32 Å². The summed E-state index contributed by atoms with van der Waals surface area (Å²) in [5.74, 6) is -0.838. The topological polar surface area (TPSA) is 95.9 Å². The molecular weight excluding hydrogens is 298 g/mol. The smallest absolute Gasteiger partial charge is 0.412 e. The Morgan fingerprint density at radius 3 is 2.43 bits per heavy atom. The minimum atomic E-state index is -0.894. The molecule has 0 saturated heterocycles. The van der Waals surface area contributed by atoms with Crippen molar-refractivity contribution in [2.45, 2.75) is 57.5 Å². The number of carbonyl (C=O) groups excluding carboxylic acids is 1. The van der Waals surface area contributed by atoms with Crippen molar-refractivity contribution in [2.24, 2.45) is 0 Å². The number of nitrogens with one attached hydrogen (secondary N) is 1. The first kappa shape index (κ1) is 17.1. The highest BCUT2D eigenvalue weighted by Gasteiger charge is 2.42. The predicted molar refractivity (Wildman–Crippen MR) is 85.7 cm³/mol. The van der Waals surface area contributed by atoms with E-state index in [2.05, 4.69) is 5.32 Å². The number of ether oxygens (including phenoxy) is 1. The van der Waals surface area contributed by atoms with Gasteiger partial charge in [-0.05, 0) is 51.8 Å². The molecule has 23 heavy (non-hydrogen) atoms. The van der Waals surface area contributed by atoms with Gasteiger partial charge in [-0.25, -0.2) is 4.79 Å². The number of amides is 1. The van der Waals surface area contributed by atoms with Gasteiger partial charge in [0.05, 0.1) is 6.42 Å². The van der Waals surface area contributed by atoms with E-state index in [1.165, 1.54) is 6.07 Å². The minimum Gasteiger partial charge on any atom is -0.508 e. The molecule has 2 rings (SSSR count). The maximum atomic E-state index is 11.8. The van der Waals surface area contributed by atoms with Crippen LogP contribution in [0.4, 0.5) is 10.5 Å². The molecule has 0 heterocycles. The fourth-order valence-electron chi connectivity index (χ4n) is 2.89. The first-order valence-corrected chi connectivity index (χ1v) is 7.67. The van der Waals surface area contributed by atoms with Gasteiger partial charge in [0.1, 0.15) is 11.4 Å². The molecule has 1 aliphatic rings. The lowest BCUT2D eigenvalue weighted by Crippen LogP contribution is -2.36. The molecular formula is C17H23NO5. The lowest BCUT2D eigenvalue weighted by atomic mass is 9.62. The van der Waals surface area contributed by atoms with Crippen LogP contribution in [-0.2, 0) is 14.9 Å². The number of aromatic hydroxyl groups is 1. The third kappa shape index (κ3) is 4.15. The van der Waals surface area contributed by atoms with Gasteiger partial charge >= 0.3 is 12.1 Å². The number of phenolic OH excluding ortho intramolecular Hbond substituents is 1. The second-order valence-electron chi connectivity index (χ2n) is 7.06. The van der Waals surface area contributed by atoms with Gasteiger partial charge in [-0.3, -0.25) is 10.1 Å². The van der Waals surface area contributed by atoms with E-state index in [-0.39, 0.29) is 12.2 Å². The lowest BCUT2D eigenvalue weighted by Gasteiger charge is -2.41. The molecule has 0 atom stereocenters. The normalized spacial score (nSPS) is 16.3. The van der Waals surface area contributed by atoms with Gasteiger partial charge in [0.2, 0.25) is 0 Å². The van der Waals surface area contributed by atoms with Gasteiger partial charge < -0.3 is 14.9 Å². The van der Waals surface area contributed by atoms with Gasteiger partial charge in [-0.1, -0.05) is 6.42 Å². The molecule has 126 valence electrons. The monoisotopic (exact) mass is 321 g/mol. The molecule has 1 aromatic carbocycles. The number of rotatable bonds is 4. The second kappa shape index (κ2) is 6.10. The Morgan fingerprint density at radius 2 is 1.96 bits per heavy atom. The van der Waals surface area contributed by atoms with E-state index in [4.69, 9.17) is 9.84 Å². The van der Waals surface area contributed by atoms with Gasteiger partial charge in [-0.2, -0.15) is 0 Å². The van der Waals surface area contributed by atoms with Crippen LogP contribution in [0.15, 0.2) is 18.2 Å². The molecule has 0 spiro atoms. The number of hydrogen-bond acceptors (Lipinski definition) is 4. The quantitative estimate of drug-likeness (QED) is 0.736. The Hall–Kier alpha value is -2.24. The van der Waals surface area contributed by atoms with Gasteiger partial charge in [0, 0.05) is 16.7 Å². The van der Waals surface area contributed by atoms with Crippen molar-refractivity contribution in [1.82, 2.24) is 0 Å². The van der Waals surface area contributed by atoms with Crippen LogP contribution in [0, 0.1) is 0 Å². The van der Waals surface area contributed by atoms with E-state index in [0.717, 1.165) is 6.42 Å². The van der Waals surface area contributed by atoms with Crippen molar-refractivity contribution < 1.29 is 24.5 Å². The van der Waals surface area contributed by atoms with Crippen LogP contribution in [0.3, 0.4) is 0 Å². The maximum Gasteiger partial charge on any atom is 0.412 e. The van der Waals surface area contributed by atoms with Crippen molar-refractivity contribution in [3.05, 3.63) is 23.8 Å². The molecule has 1 aliphatic carbocycles. The average molecular weight is 321 g/mol. The van der Waals surface area contributed by atoms with Crippen LogP contribution in [0.1, 0.15) is 52.0 Å². The molecule has 0 bridgehead atoms. The molecule has 6 heteroatoms. The summed E-state index contributed by atoms with van der Waals surface area (Å²) in [6, 6.07) is 4.68. The number of carboxylic acid groups (broad SMARTS) is 1. The molecule has 0 radical (unpaired) electrons. The van der Waals surface area contributed by atoms with E-state index in [1.54, 1.807) is 32.9 Å². The summed E-state index contributed by atoms with van der Waals surface area (Å²) < 4.78 is 5.20. The van der Waals surface area contributed by atoms with Crippen LogP contribution in [0.25, 0.3) is 0 Å². The molecule has 1 amide bonds. The van der Waals surface area contributed by atoms with E-state index >= 15 is 0 Å². The summed E-state index contributed by atoms with van der Waals surface area (Å²) in [6.45, 7) is 5.31. The molecule has 1 saturated carbocycles. The Balaban J connectivity index is 2.22. The maximum absolute atomic E-state index is 11.8. The number of phenols is 1. The van der Waals surface area contributed by atoms with E-state index in [9.17, 15) is 14.7 Å². The van der Waals surface area contributed by atoms with Crippen LogP contribution >= 0.6 is 0 Å². The average Bonchev–Trinajstić information content (AvgIpc) is 2.34. The summed E-state index contributed by atoms with van der Waals surface area (Å²) in [5, 5.41) is 21.9. The first-order chi connectivity index (χ1) is 10.6. The van der Waals surface area contributed by atoms with Crippen LogP contribution < -0.4 is 5.32 Å². The Labute approximate surface area is 135 Å². The van der Waals surface area contributed by atoms with Crippen LogP contribution in [0.2, 0.25) is 0 Å². The van der Waals surface area contributed by atoms with E-state index in [1.807, 2.05) is 0 Å². The predicted octanol–water partition coefficient (Wildman–Crippen LogP) is 3.64. The highest BCUT2D eigenvalue weighted by Crippen LogP contribution is 2.50. The number of anilines is 1. The van der Waals surface area contributed by atoms with Gasteiger partial charge in [0.15, 0.2) is 0 Å². The molecule has 0 aliphatic heterocycles. The summed E-state index contributed by atoms with van der Waals surface area (Å²) >= 11 is 0. The van der Waals surface area contributed by atoms with Gasteiger partial charge in [0.25, 0.3) is 0 Å². The van der Waals surface area contributed by atoms with Crippen LogP contribution in [0.5, 0.6) is 5.75 Å². The number of benzene rings is 1. The van der Waals surface area contributed by atoms with Crippen LogP contribution in [-0.4, -0.2) is 27.9 Å². The summed E-state index contributed by atoms with van der Waals surface area (Å²) in [6.07, 6.45) is 1.73. The zero-order valence-electron chi connectivity index (χ0n) is 13.7. The number of hydrogen-bond donors (Lipinski definition) is 3. The molecule has 1 aromatic rings. The molecule has 3 N–H and O–H groups in total. The van der Waals surface area contributed by atoms with Crippen molar-refractivity contribution in [1.29, 1.82) is 0 Å². The minimum absolute atomic E-state index is 0.0313. The number of aliphatic carboxylic acids is 1. The third-order valence-electron chi connectivity index (χ3n) is 4.01. The van der Waals surface area contributed by atoms with Crippen molar-refractivity contribution in [3.63, 3.8) is 0 Å². The highest BCUT2D eigenvalue weighted by molar-refractivity contribution is 5.85. The van der Waals surface area contributed by atoms with E-state index < -0.39 is 23.1 Å². The third-order valence-corrected chi connectivity index (χ3v) is 4.01. The van der Waals surface area contributed by atoms with E-state index in [0.29, 0.717) is 24.1 Å². The second-order valence-corrected chi connectivity index (χ2v) is 7.06. The summed E-state index contributed by atoms with van der Waals surface area (Å²) in [7, 11) is 0. The highest BCUT2D eigenvalue weighted by atomic mass is 16.6. The van der Waals surface area contributed by atoms with Crippen molar-refractivity contribution in [3.8, 4) is 5.75 Å². The fourth-order valence-corrected chi connectivity index (χ4v) is 2.89. The number of carboxylic acids is 1. The Morgan fingerprint density at radius 1 is 1.30 bits per heavy atom.